The maximum atomic E-state index is 9.59. The SMILES string of the molecule is NC(N)=NN=C1CCc2c(O)cccc21. The third-order valence-electron chi connectivity index (χ3n) is 2.36. The maximum absolute atomic E-state index is 9.59. The Morgan fingerprint density at radius 2 is 2.07 bits per heavy atom. The van der Waals surface area contributed by atoms with Gasteiger partial charge in [0, 0.05) is 11.1 Å². The maximum Gasteiger partial charge on any atom is 0.211 e. The molecular formula is C10H12N4O. The lowest BCUT2D eigenvalue weighted by molar-refractivity contribution is 0.469. The van der Waals surface area contributed by atoms with Crippen LogP contribution in [0.2, 0.25) is 0 Å². The summed E-state index contributed by atoms with van der Waals surface area (Å²) in [7, 11) is 0. The average Bonchev–Trinajstić information content (AvgIpc) is 2.59. The van der Waals surface area contributed by atoms with Gasteiger partial charge in [-0.2, -0.15) is 5.10 Å². The molecule has 5 heteroatoms. The van der Waals surface area contributed by atoms with E-state index >= 15 is 0 Å². The molecule has 1 aliphatic rings. The van der Waals surface area contributed by atoms with Gasteiger partial charge in [-0.3, -0.25) is 0 Å². The number of phenols is 1. The molecule has 78 valence electrons. The highest BCUT2D eigenvalue weighted by Crippen LogP contribution is 2.29. The summed E-state index contributed by atoms with van der Waals surface area (Å²) in [5.41, 5.74) is 13.0. The number of guanidine groups is 1. The Kier molecular flexibility index (Phi) is 2.29. The van der Waals surface area contributed by atoms with Gasteiger partial charge in [0.1, 0.15) is 5.75 Å². The van der Waals surface area contributed by atoms with Crippen LogP contribution in [0.15, 0.2) is 28.4 Å². The van der Waals surface area contributed by atoms with Crippen LogP contribution in [-0.2, 0) is 6.42 Å². The van der Waals surface area contributed by atoms with E-state index in [0.717, 1.165) is 29.7 Å². The molecule has 1 aromatic rings. The number of aromatic hydroxyl groups is 1. The van der Waals surface area contributed by atoms with Crippen molar-refractivity contribution in [2.24, 2.45) is 21.7 Å². The van der Waals surface area contributed by atoms with Gasteiger partial charge in [-0.15, -0.1) is 5.10 Å². The van der Waals surface area contributed by atoms with E-state index < -0.39 is 0 Å². The molecule has 0 amide bonds. The average molecular weight is 204 g/mol. The van der Waals surface area contributed by atoms with E-state index in [-0.39, 0.29) is 5.96 Å². The fraction of sp³-hybridized carbons (Fsp3) is 0.200. The van der Waals surface area contributed by atoms with Crippen LogP contribution in [0.3, 0.4) is 0 Å². The molecule has 0 saturated heterocycles. The summed E-state index contributed by atoms with van der Waals surface area (Å²) in [6, 6.07) is 5.36. The van der Waals surface area contributed by atoms with Gasteiger partial charge in [-0.25, -0.2) is 0 Å². The molecule has 0 spiro atoms. The monoisotopic (exact) mass is 204 g/mol. The number of phenolic OH excluding ortho intramolecular Hbond substituents is 1. The quantitative estimate of drug-likeness (QED) is 0.349. The topological polar surface area (TPSA) is 97.0 Å². The summed E-state index contributed by atoms with van der Waals surface area (Å²) in [4.78, 5) is 0. The molecule has 0 atom stereocenters. The second-order valence-electron chi connectivity index (χ2n) is 3.37. The van der Waals surface area contributed by atoms with Crippen LogP contribution in [0.4, 0.5) is 0 Å². The molecule has 0 saturated carbocycles. The number of rotatable bonds is 1. The molecular weight excluding hydrogens is 192 g/mol. The molecule has 5 N–H and O–H groups in total. The van der Waals surface area contributed by atoms with E-state index in [4.69, 9.17) is 11.5 Å². The molecule has 0 fully saturated rings. The van der Waals surface area contributed by atoms with E-state index in [9.17, 15) is 5.11 Å². The summed E-state index contributed by atoms with van der Waals surface area (Å²) in [5.74, 6) is 0.249. The Morgan fingerprint density at radius 1 is 1.27 bits per heavy atom. The lowest BCUT2D eigenvalue weighted by Gasteiger charge is -2.00. The Bertz CT molecular complexity index is 447. The van der Waals surface area contributed by atoms with Gasteiger partial charge in [-0.05, 0) is 18.9 Å². The summed E-state index contributed by atoms with van der Waals surface area (Å²) in [5, 5.41) is 17.1. The zero-order chi connectivity index (χ0) is 10.8. The molecule has 5 nitrogen and oxygen atoms in total. The van der Waals surface area contributed by atoms with Crippen molar-refractivity contribution in [2.45, 2.75) is 12.8 Å². The Morgan fingerprint density at radius 3 is 2.80 bits per heavy atom. The fourth-order valence-corrected chi connectivity index (χ4v) is 1.71. The Hall–Kier alpha value is -2.04. The molecule has 0 bridgehead atoms. The van der Waals surface area contributed by atoms with Crippen LogP contribution in [0.5, 0.6) is 5.75 Å². The molecule has 1 aliphatic carbocycles. The number of nitrogens with zero attached hydrogens (tertiary/aromatic N) is 2. The van der Waals surface area contributed by atoms with E-state index in [2.05, 4.69) is 10.2 Å². The predicted octanol–water partition coefficient (Wildman–Crippen LogP) is 0.316. The van der Waals surface area contributed by atoms with E-state index in [1.165, 1.54) is 0 Å². The Balaban J connectivity index is 2.41. The zero-order valence-corrected chi connectivity index (χ0v) is 8.14. The van der Waals surface area contributed by atoms with Crippen LogP contribution in [0.1, 0.15) is 17.5 Å². The van der Waals surface area contributed by atoms with Crippen molar-refractivity contribution in [1.29, 1.82) is 0 Å². The predicted molar refractivity (Wildman–Crippen MR) is 58.8 cm³/mol. The number of nitrogens with two attached hydrogens (primary N) is 2. The van der Waals surface area contributed by atoms with Gasteiger partial charge in [0.2, 0.25) is 5.96 Å². The lowest BCUT2D eigenvalue weighted by Crippen LogP contribution is -2.22. The van der Waals surface area contributed by atoms with E-state index in [1.54, 1.807) is 12.1 Å². The van der Waals surface area contributed by atoms with E-state index in [0.29, 0.717) is 5.75 Å². The molecule has 0 heterocycles. The number of fused-ring (bicyclic) bond motifs is 1. The van der Waals surface area contributed by atoms with Gasteiger partial charge in [-0.1, -0.05) is 12.1 Å². The number of hydrogen-bond acceptors (Lipinski definition) is 3. The highest BCUT2D eigenvalue weighted by Gasteiger charge is 2.20. The summed E-state index contributed by atoms with van der Waals surface area (Å²) < 4.78 is 0. The summed E-state index contributed by atoms with van der Waals surface area (Å²) >= 11 is 0. The molecule has 0 unspecified atom stereocenters. The molecule has 2 rings (SSSR count). The molecule has 1 aromatic carbocycles. The normalized spacial score (nSPS) is 16.4. The first-order valence-corrected chi connectivity index (χ1v) is 4.65. The highest BCUT2D eigenvalue weighted by atomic mass is 16.3. The van der Waals surface area contributed by atoms with Gasteiger partial charge in [0.25, 0.3) is 0 Å². The van der Waals surface area contributed by atoms with Gasteiger partial charge in [0.15, 0.2) is 0 Å². The van der Waals surface area contributed by atoms with Gasteiger partial charge < -0.3 is 16.6 Å². The fourth-order valence-electron chi connectivity index (χ4n) is 1.71. The van der Waals surface area contributed by atoms with E-state index in [1.807, 2.05) is 6.07 Å². The minimum Gasteiger partial charge on any atom is -0.508 e. The highest BCUT2D eigenvalue weighted by molar-refractivity contribution is 6.05. The van der Waals surface area contributed by atoms with Crippen molar-refractivity contribution in [2.75, 3.05) is 0 Å². The van der Waals surface area contributed by atoms with Crippen molar-refractivity contribution in [3.63, 3.8) is 0 Å². The molecule has 0 radical (unpaired) electrons. The van der Waals surface area contributed by atoms with Crippen LogP contribution in [0, 0.1) is 0 Å². The first-order valence-electron chi connectivity index (χ1n) is 4.65. The van der Waals surface area contributed by atoms with Gasteiger partial charge >= 0.3 is 0 Å². The number of hydrogen-bond donors (Lipinski definition) is 3. The van der Waals surface area contributed by atoms with Crippen molar-refractivity contribution in [1.82, 2.24) is 0 Å². The first kappa shape index (κ1) is 9.51. The third-order valence-corrected chi connectivity index (χ3v) is 2.36. The van der Waals surface area contributed by atoms with Crippen molar-refractivity contribution >= 4 is 11.7 Å². The Labute approximate surface area is 87.1 Å². The second-order valence-corrected chi connectivity index (χ2v) is 3.37. The lowest BCUT2D eigenvalue weighted by atomic mass is 10.1. The van der Waals surface area contributed by atoms with Gasteiger partial charge in [0.05, 0.1) is 5.71 Å². The van der Waals surface area contributed by atoms with Crippen LogP contribution in [-0.4, -0.2) is 16.8 Å². The second kappa shape index (κ2) is 3.61. The molecule has 15 heavy (non-hydrogen) atoms. The molecule has 0 aromatic heterocycles. The summed E-state index contributed by atoms with van der Waals surface area (Å²) in [6.07, 6.45) is 1.53. The largest absolute Gasteiger partial charge is 0.508 e. The standard InChI is InChI=1S/C10H12N4O/c11-10(12)14-13-8-5-4-7-6(8)2-1-3-9(7)15/h1-3,15H,4-5H2,(H4,11,12,14). The van der Waals surface area contributed by atoms with Crippen molar-refractivity contribution < 1.29 is 5.11 Å². The summed E-state index contributed by atoms with van der Waals surface area (Å²) in [6.45, 7) is 0. The minimum atomic E-state index is -0.0592. The third kappa shape index (κ3) is 1.76. The van der Waals surface area contributed by atoms with Crippen molar-refractivity contribution in [3.05, 3.63) is 29.3 Å². The van der Waals surface area contributed by atoms with Crippen molar-refractivity contribution in [3.8, 4) is 5.75 Å². The molecule has 0 aliphatic heterocycles. The van der Waals surface area contributed by atoms with Crippen LogP contribution < -0.4 is 11.5 Å². The smallest absolute Gasteiger partial charge is 0.211 e. The zero-order valence-electron chi connectivity index (χ0n) is 8.14. The number of benzene rings is 1. The minimum absolute atomic E-state index is 0.0592. The van der Waals surface area contributed by atoms with Crippen LogP contribution >= 0.6 is 0 Å². The van der Waals surface area contributed by atoms with Crippen LogP contribution in [0.25, 0.3) is 0 Å². The first-order chi connectivity index (χ1) is 7.18.